The minimum absolute atomic E-state index is 0.169. The maximum absolute atomic E-state index is 13.0. The maximum Gasteiger partial charge on any atom is 0.269 e. The van der Waals surface area contributed by atoms with Crippen molar-refractivity contribution < 1.29 is 9.18 Å². The molecule has 0 saturated carbocycles. The molecule has 0 spiro atoms. The fourth-order valence-electron chi connectivity index (χ4n) is 1.43. The van der Waals surface area contributed by atoms with Gasteiger partial charge in [0.2, 0.25) is 0 Å². The number of nitrogens with one attached hydrogen (secondary N) is 1. The lowest BCUT2D eigenvalue weighted by Crippen LogP contribution is -2.12. The van der Waals surface area contributed by atoms with Crippen LogP contribution in [0.25, 0.3) is 0 Å². The lowest BCUT2D eigenvalue weighted by molar-refractivity contribution is 0.103. The summed E-state index contributed by atoms with van der Waals surface area (Å²) < 4.78 is 13.0. The summed E-state index contributed by atoms with van der Waals surface area (Å²) in [6, 6.07) is 5.67. The van der Waals surface area contributed by atoms with Crippen molar-refractivity contribution in [2.24, 2.45) is 0 Å². The molecule has 1 aromatic heterocycles. The van der Waals surface area contributed by atoms with E-state index in [0.717, 1.165) is 0 Å². The number of anilines is 3. The van der Waals surface area contributed by atoms with Gasteiger partial charge in [0.15, 0.2) is 5.13 Å². The number of nitrogens with two attached hydrogens (primary N) is 1. The first kappa shape index (κ1) is 13.3. The highest BCUT2D eigenvalue weighted by Crippen LogP contribution is 2.27. The molecule has 5 nitrogen and oxygen atoms in total. The average Bonchev–Trinajstić information content (AvgIpc) is 2.71. The predicted molar refractivity (Wildman–Crippen MR) is 75.2 cm³/mol. The third-order valence-corrected chi connectivity index (χ3v) is 3.55. The fraction of sp³-hybridized carbons (Fsp3) is 0.167. The number of amides is 1. The third-order valence-electron chi connectivity index (χ3n) is 2.31. The molecule has 100 valence electrons. The van der Waals surface area contributed by atoms with Crippen LogP contribution < -0.4 is 16.0 Å². The lowest BCUT2D eigenvalue weighted by atomic mass is 10.3. The number of hydrogen-bond acceptors (Lipinski definition) is 5. The Bertz CT molecular complexity index is 612. The Morgan fingerprint density at radius 3 is 2.79 bits per heavy atom. The Kier molecular flexibility index (Phi) is 3.66. The molecule has 0 bridgehead atoms. The number of nitrogen functional groups attached to an aromatic ring is 1. The first-order valence-corrected chi connectivity index (χ1v) is 6.29. The first-order chi connectivity index (χ1) is 8.97. The lowest BCUT2D eigenvalue weighted by Gasteiger charge is -2.05. The van der Waals surface area contributed by atoms with E-state index < -0.39 is 11.7 Å². The van der Waals surface area contributed by atoms with Crippen LogP contribution in [0.15, 0.2) is 24.3 Å². The zero-order chi connectivity index (χ0) is 14.0. The van der Waals surface area contributed by atoms with Crippen molar-refractivity contribution in [1.82, 2.24) is 4.98 Å². The molecule has 1 heterocycles. The van der Waals surface area contributed by atoms with Crippen LogP contribution in [0.2, 0.25) is 0 Å². The molecule has 7 heteroatoms. The molecule has 0 fully saturated rings. The Labute approximate surface area is 113 Å². The summed E-state index contributed by atoms with van der Waals surface area (Å²) in [6.45, 7) is 0. The van der Waals surface area contributed by atoms with Crippen molar-refractivity contribution in [3.05, 3.63) is 35.0 Å². The van der Waals surface area contributed by atoms with Crippen molar-refractivity contribution in [3.63, 3.8) is 0 Å². The second-order valence-corrected chi connectivity index (χ2v) is 5.05. The molecule has 1 aromatic carbocycles. The molecular weight excluding hydrogens is 267 g/mol. The van der Waals surface area contributed by atoms with Crippen molar-refractivity contribution in [2.75, 3.05) is 30.0 Å². The van der Waals surface area contributed by atoms with Gasteiger partial charge in [-0.05, 0) is 18.2 Å². The summed E-state index contributed by atoms with van der Waals surface area (Å²) in [5.74, 6) is -0.639. The Hall–Kier alpha value is -2.15. The predicted octanol–water partition coefficient (Wildman–Crippen LogP) is 2.18. The maximum atomic E-state index is 13.0. The van der Waals surface area contributed by atoms with Gasteiger partial charge in [-0.3, -0.25) is 4.79 Å². The highest BCUT2D eigenvalue weighted by molar-refractivity contribution is 7.18. The van der Waals surface area contributed by atoms with Crippen molar-refractivity contribution in [3.8, 4) is 0 Å². The second kappa shape index (κ2) is 5.23. The number of carbonyl (C=O) groups excluding carboxylic acids is 1. The molecule has 0 unspecified atom stereocenters. The molecule has 0 aliphatic carbocycles. The van der Waals surface area contributed by atoms with Gasteiger partial charge in [-0.1, -0.05) is 17.4 Å². The van der Waals surface area contributed by atoms with Gasteiger partial charge in [0.1, 0.15) is 16.5 Å². The van der Waals surface area contributed by atoms with E-state index in [1.807, 2.05) is 14.1 Å². The molecule has 3 N–H and O–H groups in total. The van der Waals surface area contributed by atoms with Crippen LogP contribution in [0.5, 0.6) is 0 Å². The fourth-order valence-corrected chi connectivity index (χ4v) is 2.23. The van der Waals surface area contributed by atoms with Gasteiger partial charge in [0, 0.05) is 19.8 Å². The van der Waals surface area contributed by atoms with E-state index in [0.29, 0.717) is 15.7 Å². The third kappa shape index (κ3) is 3.00. The van der Waals surface area contributed by atoms with E-state index in [2.05, 4.69) is 10.3 Å². The van der Waals surface area contributed by atoms with E-state index in [4.69, 9.17) is 5.73 Å². The van der Waals surface area contributed by atoms with E-state index in [1.165, 1.54) is 29.5 Å². The first-order valence-electron chi connectivity index (χ1n) is 5.48. The number of aromatic nitrogens is 1. The monoisotopic (exact) mass is 280 g/mol. The average molecular weight is 280 g/mol. The number of benzene rings is 1. The second-order valence-electron chi connectivity index (χ2n) is 4.07. The molecule has 0 aliphatic rings. The SMILES string of the molecule is CN(C)c1nc(N)c(C(=O)Nc2cccc(F)c2)s1. The van der Waals surface area contributed by atoms with Crippen LogP contribution in [0, 0.1) is 5.82 Å². The van der Waals surface area contributed by atoms with E-state index >= 15 is 0 Å². The molecule has 2 rings (SSSR count). The van der Waals surface area contributed by atoms with Gasteiger partial charge in [-0.2, -0.15) is 0 Å². The van der Waals surface area contributed by atoms with Crippen molar-refractivity contribution in [1.29, 1.82) is 0 Å². The Morgan fingerprint density at radius 2 is 2.21 bits per heavy atom. The van der Waals surface area contributed by atoms with Gasteiger partial charge in [-0.25, -0.2) is 9.37 Å². The van der Waals surface area contributed by atoms with Gasteiger partial charge >= 0.3 is 0 Å². The molecular formula is C12H13FN4OS. The summed E-state index contributed by atoms with van der Waals surface area (Å²) in [5.41, 5.74) is 6.08. The van der Waals surface area contributed by atoms with Crippen molar-refractivity contribution in [2.45, 2.75) is 0 Å². The van der Waals surface area contributed by atoms with Gasteiger partial charge in [0.05, 0.1) is 0 Å². The molecule has 0 atom stereocenters. The minimum atomic E-state index is -0.413. The molecule has 0 aliphatic heterocycles. The molecule has 19 heavy (non-hydrogen) atoms. The van der Waals surface area contributed by atoms with E-state index in [-0.39, 0.29) is 5.82 Å². The summed E-state index contributed by atoms with van der Waals surface area (Å²) in [4.78, 5) is 18.2. The minimum Gasteiger partial charge on any atom is -0.382 e. The zero-order valence-electron chi connectivity index (χ0n) is 10.5. The van der Waals surface area contributed by atoms with Crippen LogP contribution in [0.3, 0.4) is 0 Å². The highest BCUT2D eigenvalue weighted by Gasteiger charge is 2.17. The summed E-state index contributed by atoms with van der Waals surface area (Å²) >= 11 is 1.18. The standard InChI is InChI=1S/C12H13FN4OS/c1-17(2)12-16-10(14)9(19-12)11(18)15-8-5-3-4-7(13)6-8/h3-6H,14H2,1-2H3,(H,15,18). The number of rotatable bonds is 3. The molecule has 0 saturated heterocycles. The quantitative estimate of drug-likeness (QED) is 0.904. The Morgan fingerprint density at radius 1 is 1.47 bits per heavy atom. The molecule has 2 aromatic rings. The Balaban J connectivity index is 2.20. The number of nitrogens with zero attached hydrogens (tertiary/aromatic N) is 2. The summed E-state index contributed by atoms with van der Waals surface area (Å²) in [7, 11) is 3.62. The van der Waals surface area contributed by atoms with E-state index in [9.17, 15) is 9.18 Å². The van der Waals surface area contributed by atoms with Gasteiger partial charge in [-0.15, -0.1) is 0 Å². The molecule has 1 amide bonds. The van der Waals surface area contributed by atoms with Gasteiger partial charge < -0.3 is 16.0 Å². The highest BCUT2D eigenvalue weighted by atomic mass is 32.1. The molecule has 0 radical (unpaired) electrons. The van der Waals surface area contributed by atoms with Crippen LogP contribution in [-0.4, -0.2) is 25.0 Å². The number of hydrogen-bond donors (Lipinski definition) is 2. The number of thiazole rings is 1. The summed E-state index contributed by atoms with van der Waals surface area (Å²) in [5, 5.41) is 3.23. The van der Waals surface area contributed by atoms with Crippen LogP contribution in [-0.2, 0) is 0 Å². The summed E-state index contributed by atoms with van der Waals surface area (Å²) in [6.07, 6.45) is 0. The van der Waals surface area contributed by atoms with Gasteiger partial charge in [0.25, 0.3) is 5.91 Å². The van der Waals surface area contributed by atoms with E-state index in [1.54, 1.807) is 11.0 Å². The van der Waals surface area contributed by atoms with Crippen molar-refractivity contribution >= 4 is 33.9 Å². The smallest absolute Gasteiger partial charge is 0.269 e. The normalized spacial score (nSPS) is 10.3. The van der Waals surface area contributed by atoms with Crippen LogP contribution in [0.1, 0.15) is 9.67 Å². The van der Waals surface area contributed by atoms with Crippen LogP contribution >= 0.6 is 11.3 Å². The zero-order valence-corrected chi connectivity index (χ0v) is 11.3. The number of halogens is 1. The largest absolute Gasteiger partial charge is 0.382 e. The number of carbonyl (C=O) groups is 1. The topological polar surface area (TPSA) is 71.2 Å². The van der Waals surface area contributed by atoms with Crippen LogP contribution in [0.4, 0.5) is 21.0 Å².